The molecule has 0 fully saturated rings. The highest BCUT2D eigenvalue weighted by molar-refractivity contribution is 5.90. The van der Waals surface area contributed by atoms with Crippen LogP contribution in [0.5, 0.6) is 0 Å². The van der Waals surface area contributed by atoms with Crippen LogP contribution in [0.25, 0.3) is 17.1 Å². The van der Waals surface area contributed by atoms with Gasteiger partial charge in [0.1, 0.15) is 17.6 Å². The number of hydrogen-bond donors (Lipinski definition) is 1. The molecule has 0 bridgehead atoms. The van der Waals surface area contributed by atoms with E-state index in [2.05, 4.69) is 51.2 Å². The molecule has 10 nitrogen and oxygen atoms in total. The first-order valence-corrected chi connectivity index (χ1v) is 10.7. The van der Waals surface area contributed by atoms with E-state index in [1.54, 1.807) is 31.0 Å². The van der Waals surface area contributed by atoms with E-state index in [4.69, 9.17) is 9.72 Å². The van der Waals surface area contributed by atoms with Gasteiger partial charge in [-0.3, -0.25) is 14.9 Å². The molecule has 32 heavy (non-hydrogen) atoms. The molecule has 1 N–H and O–H groups in total. The number of fused-ring (bicyclic) bond motifs is 3. The van der Waals surface area contributed by atoms with Gasteiger partial charge in [0.15, 0.2) is 17.5 Å². The van der Waals surface area contributed by atoms with E-state index in [9.17, 15) is 4.79 Å². The average Bonchev–Trinajstić information content (AvgIpc) is 3.21. The Kier molecular flexibility index (Phi) is 5.53. The Hall–Kier alpha value is -3.56. The van der Waals surface area contributed by atoms with E-state index < -0.39 is 11.7 Å². The monoisotopic (exact) mass is 436 g/mol. The predicted molar refractivity (Wildman–Crippen MR) is 121 cm³/mol. The van der Waals surface area contributed by atoms with Gasteiger partial charge in [-0.05, 0) is 47.1 Å². The van der Waals surface area contributed by atoms with Crippen LogP contribution < -0.4 is 10.2 Å². The molecule has 10 heteroatoms. The quantitative estimate of drug-likeness (QED) is 0.649. The molecule has 1 amide bonds. The van der Waals surface area contributed by atoms with Crippen LogP contribution in [-0.4, -0.2) is 47.5 Å². The molecule has 4 rings (SSSR count). The summed E-state index contributed by atoms with van der Waals surface area (Å²) in [6.45, 7) is 11.8. The minimum Gasteiger partial charge on any atom is -0.444 e. The van der Waals surface area contributed by atoms with Crippen LogP contribution in [0.1, 0.15) is 59.8 Å². The van der Waals surface area contributed by atoms with Gasteiger partial charge in [0.2, 0.25) is 0 Å². The van der Waals surface area contributed by atoms with E-state index in [0.717, 1.165) is 23.8 Å². The largest absolute Gasteiger partial charge is 0.444 e. The third-order valence-electron chi connectivity index (χ3n) is 5.10. The molecule has 3 aromatic rings. The van der Waals surface area contributed by atoms with Gasteiger partial charge in [0.25, 0.3) is 0 Å². The van der Waals surface area contributed by atoms with Crippen molar-refractivity contribution in [1.82, 2.24) is 29.7 Å². The topological polar surface area (TPSA) is 111 Å². The van der Waals surface area contributed by atoms with Crippen LogP contribution in [0, 0.1) is 0 Å². The Morgan fingerprint density at radius 2 is 2.06 bits per heavy atom. The Morgan fingerprint density at radius 3 is 2.75 bits per heavy atom. The van der Waals surface area contributed by atoms with Crippen molar-refractivity contribution in [1.29, 1.82) is 0 Å². The number of carbonyl (C=O) groups excluding carboxylic acids is 1. The summed E-state index contributed by atoms with van der Waals surface area (Å²) >= 11 is 0. The van der Waals surface area contributed by atoms with Crippen molar-refractivity contribution in [3.63, 3.8) is 0 Å². The molecule has 0 radical (unpaired) electrons. The Balaban J connectivity index is 1.78. The molecule has 168 valence electrons. The van der Waals surface area contributed by atoms with Crippen molar-refractivity contribution >= 4 is 17.6 Å². The van der Waals surface area contributed by atoms with Gasteiger partial charge < -0.3 is 9.64 Å². The first-order chi connectivity index (χ1) is 15.2. The summed E-state index contributed by atoms with van der Waals surface area (Å²) in [5, 5.41) is 11.2. The summed E-state index contributed by atoms with van der Waals surface area (Å²) in [7, 11) is 0. The van der Waals surface area contributed by atoms with Gasteiger partial charge in [-0.25, -0.2) is 14.8 Å². The normalized spacial score (nSPS) is 15.3. The summed E-state index contributed by atoms with van der Waals surface area (Å²) in [5.74, 6) is 2.15. The van der Waals surface area contributed by atoms with Crippen LogP contribution in [0.2, 0.25) is 0 Å². The summed E-state index contributed by atoms with van der Waals surface area (Å²) in [6.07, 6.45) is 6.97. The zero-order chi connectivity index (χ0) is 23.0. The molecule has 0 saturated carbocycles. The van der Waals surface area contributed by atoms with Crippen molar-refractivity contribution in [3.05, 3.63) is 36.8 Å². The fourth-order valence-electron chi connectivity index (χ4n) is 3.87. The van der Waals surface area contributed by atoms with E-state index in [1.165, 1.54) is 0 Å². The van der Waals surface area contributed by atoms with Gasteiger partial charge in [-0.1, -0.05) is 6.92 Å². The highest BCUT2D eigenvalue weighted by Crippen LogP contribution is 2.40. The second-order valence-electron chi connectivity index (χ2n) is 8.93. The predicted octanol–water partition coefficient (Wildman–Crippen LogP) is 4.15. The summed E-state index contributed by atoms with van der Waals surface area (Å²) in [4.78, 5) is 28.3. The third kappa shape index (κ3) is 4.00. The van der Waals surface area contributed by atoms with Gasteiger partial charge in [0.05, 0.1) is 24.1 Å². The van der Waals surface area contributed by atoms with Crippen molar-refractivity contribution in [3.8, 4) is 17.1 Å². The van der Waals surface area contributed by atoms with Crippen LogP contribution in [0.3, 0.4) is 0 Å². The molecular weight excluding hydrogens is 408 g/mol. The standard InChI is InChI=1S/C22H28N8O2/c1-7-16-20-28-25-12-29(20)17-11-24-18(27-19(17)30(16)13(2)3)14-8-9-23-10-15(14)26-21(31)32-22(4,5)6/h8-13,16H,7H2,1-6H3,(H,26,31)/t16-/m1/s1. The number of hydrogen-bond acceptors (Lipinski definition) is 8. The minimum atomic E-state index is -0.613. The molecule has 0 saturated heterocycles. The van der Waals surface area contributed by atoms with Gasteiger partial charge in [-0.15, -0.1) is 10.2 Å². The average molecular weight is 437 g/mol. The Morgan fingerprint density at radius 1 is 1.28 bits per heavy atom. The van der Waals surface area contributed by atoms with Crippen molar-refractivity contribution < 1.29 is 9.53 Å². The summed E-state index contributed by atoms with van der Waals surface area (Å²) in [5.41, 5.74) is 1.34. The number of rotatable bonds is 4. The summed E-state index contributed by atoms with van der Waals surface area (Å²) in [6, 6.07) is 2.01. The maximum absolute atomic E-state index is 12.3. The molecule has 3 aromatic heterocycles. The molecule has 0 aliphatic carbocycles. The number of nitrogens with one attached hydrogen (secondary N) is 1. The molecule has 1 aliphatic rings. The van der Waals surface area contributed by atoms with Crippen LogP contribution in [0.4, 0.5) is 16.3 Å². The van der Waals surface area contributed by atoms with E-state index in [1.807, 2.05) is 25.3 Å². The molecule has 1 atom stereocenters. The SMILES string of the molecule is CC[C@@H]1c2nncn2-c2cnc(-c3ccncc3NC(=O)OC(C)(C)C)nc2N1C(C)C. The minimum absolute atomic E-state index is 0.0459. The molecule has 0 unspecified atom stereocenters. The number of aromatic nitrogens is 6. The van der Waals surface area contributed by atoms with Gasteiger partial charge >= 0.3 is 6.09 Å². The number of ether oxygens (including phenoxy) is 1. The van der Waals surface area contributed by atoms with Crippen LogP contribution in [-0.2, 0) is 4.74 Å². The highest BCUT2D eigenvalue weighted by atomic mass is 16.6. The number of amides is 1. The number of anilines is 2. The smallest absolute Gasteiger partial charge is 0.412 e. The fourth-order valence-corrected chi connectivity index (χ4v) is 3.87. The second-order valence-corrected chi connectivity index (χ2v) is 8.93. The summed E-state index contributed by atoms with van der Waals surface area (Å²) < 4.78 is 7.33. The third-order valence-corrected chi connectivity index (χ3v) is 5.10. The molecule has 4 heterocycles. The first-order valence-electron chi connectivity index (χ1n) is 10.7. The fraction of sp³-hybridized carbons (Fsp3) is 0.455. The van der Waals surface area contributed by atoms with E-state index in [0.29, 0.717) is 17.1 Å². The Bertz CT molecular complexity index is 1130. The van der Waals surface area contributed by atoms with Gasteiger partial charge in [-0.2, -0.15) is 0 Å². The maximum Gasteiger partial charge on any atom is 0.412 e. The van der Waals surface area contributed by atoms with Crippen LogP contribution in [0.15, 0.2) is 31.0 Å². The van der Waals surface area contributed by atoms with Gasteiger partial charge in [0, 0.05) is 17.8 Å². The van der Waals surface area contributed by atoms with Crippen molar-refractivity contribution in [2.75, 3.05) is 10.2 Å². The lowest BCUT2D eigenvalue weighted by atomic mass is 10.1. The Labute approximate surface area is 187 Å². The molecule has 0 spiro atoms. The zero-order valence-electron chi connectivity index (χ0n) is 19.2. The molecular formula is C22H28N8O2. The van der Waals surface area contributed by atoms with Crippen LogP contribution >= 0.6 is 0 Å². The lowest BCUT2D eigenvalue weighted by Gasteiger charge is -2.39. The number of carbonyl (C=O) groups is 1. The molecule has 1 aliphatic heterocycles. The van der Waals surface area contributed by atoms with Crippen molar-refractivity contribution in [2.45, 2.75) is 65.6 Å². The van der Waals surface area contributed by atoms with Crippen molar-refractivity contribution in [2.24, 2.45) is 0 Å². The molecule has 0 aromatic carbocycles. The first kappa shape index (κ1) is 21.7. The zero-order valence-corrected chi connectivity index (χ0v) is 19.2. The number of nitrogens with zero attached hydrogens (tertiary/aromatic N) is 7. The lowest BCUT2D eigenvalue weighted by Crippen LogP contribution is -2.40. The lowest BCUT2D eigenvalue weighted by molar-refractivity contribution is 0.0636. The van der Waals surface area contributed by atoms with E-state index >= 15 is 0 Å². The highest BCUT2D eigenvalue weighted by Gasteiger charge is 2.35. The van der Waals surface area contributed by atoms with E-state index in [-0.39, 0.29) is 12.1 Å². The second kappa shape index (κ2) is 8.18. The number of pyridine rings is 1. The maximum atomic E-state index is 12.3.